The second-order valence-corrected chi connectivity index (χ2v) is 10.5. The molecule has 1 aliphatic rings. The molecule has 0 aromatic heterocycles. The molecule has 2 heteroatoms. The third-order valence-corrected chi connectivity index (χ3v) is 6.35. The maximum atomic E-state index is 11.7. The van der Waals surface area contributed by atoms with Crippen LogP contribution in [0.25, 0.3) is 11.6 Å². The minimum Gasteiger partial charge on any atom is -0.465 e. The number of methoxy groups -OCH3 is 1. The Morgan fingerprint density at radius 1 is 1.03 bits per heavy atom. The van der Waals surface area contributed by atoms with Crippen LogP contribution in [0.3, 0.4) is 0 Å². The van der Waals surface area contributed by atoms with Crippen molar-refractivity contribution < 1.29 is 9.53 Å². The Kier molecular flexibility index (Phi) is 6.00. The molecule has 0 N–H and O–H groups in total. The van der Waals surface area contributed by atoms with Crippen LogP contribution >= 0.6 is 0 Å². The molecule has 0 radical (unpaired) electrons. The number of rotatable bonds is 5. The van der Waals surface area contributed by atoms with E-state index in [2.05, 4.69) is 66.7 Å². The predicted octanol–water partition coefficient (Wildman–Crippen LogP) is 7.19. The van der Waals surface area contributed by atoms with Crippen LogP contribution in [0, 0.1) is 5.92 Å². The van der Waals surface area contributed by atoms with E-state index in [9.17, 15) is 4.79 Å². The number of benzene rings is 2. The minimum absolute atomic E-state index is 0.187. The highest BCUT2D eigenvalue weighted by molar-refractivity contribution is 5.90. The van der Waals surface area contributed by atoms with Crippen molar-refractivity contribution in [3.05, 3.63) is 69.8 Å². The van der Waals surface area contributed by atoms with Crippen molar-refractivity contribution in [2.75, 3.05) is 7.11 Å². The van der Waals surface area contributed by atoms with E-state index in [1.807, 2.05) is 24.3 Å². The monoisotopic (exact) mass is 404 g/mol. The second kappa shape index (κ2) is 8.06. The first kappa shape index (κ1) is 22.3. The van der Waals surface area contributed by atoms with Gasteiger partial charge in [-0.25, -0.2) is 4.79 Å². The molecule has 0 amide bonds. The molecule has 0 bridgehead atoms. The van der Waals surface area contributed by atoms with Gasteiger partial charge in [0, 0.05) is 0 Å². The molecule has 30 heavy (non-hydrogen) atoms. The van der Waals surface area contributed by atoms with Crippen LogP contribution in [0.15, 0.2) is 36.4 Å². The van der Waals surface area contributed by atoms with E-state index in [1.165, 1.54) is 41.4 Å². The fourth-order valence-corrected chi connectivity index (χ4v) is 5.20. The molecule has 0 atom stereocenters. The number of hydrogen-bond donors (Lipinski definition) is 0. The van der Waals surface area contributed by atoms with Gasteiger partial charge in [0.05, 0.1) is 12.7 Å². The van der Waals surface area contributed by atoms with E-state index in [0.29, 0.717) is 11.5 Å². The van der Waals surface area contributed by atoms with Gasteiger partial charge in [0.1, 0.15) is 0 Å². The van der Waals surface area contributed by atoms with E-state index in [1.54, 1.807) is 0 Å². The number of ether oxygens (including phenoxy) is 1. The molecular formula is C28H36O2. The molecule has 2 nitrogen and oxygen atoms in total. The largest absolute Gasteiger partial charge is 0.465 e. The van der Waals surface area contributed by atoms with Gasteiger partial charge >= 0.3 is 5.97 Å². The maximum absolute atomic E-state index is 11.7. The normalized spacial score (nSPS) is 17.2. The molecule has 1 aliphatic carbocycles. The number of allylic oxidation sites excluding steroid dienone is 1. The van der Waals surface area contributed by atoms with Gasteiger partial charge in [0.25, 0.3) is 0 Å². The van der Waals surface area contributed by atoms with E-state index in [4.69, 9.17) is 4.74 Å². The van der Waals surface area contributed by atoms with E-state index in [0.717, 1.165) is 12.0 Å². The molecule has 0 spiro atoms. The van der Waals surface area contributed by atoms with E-state index in [-0.39, 0.29) is 16.8 Å². The van der Waals surface area contributed by atoms with Crippen molar-refractivity contribution in [3.8, 4) is 0 Å². The fraction of sp³-hybridized carbons (Fsp3) is 0.464. The van der Waals surface area contributed by atoms with Crippen molar-refractivity contribution in [3.63, 3.8) is 0 Å². The van der Waals surface area contributed by atoms with Crippen LogP contribution in [-0.2, 0) is 22.0 Å². The number of fused-ring (bicyclic) bond motifs is 1. The Bertz CT molecular complexity index is 972. The Hall–Kier alpha value is -2.35. The summed E-state index contributed by atoms with van der Waals surface area (Å²) in [7, 11) is 1.41. The Morgan fingerprint density at radius 2 is 1.60 bits per heavy atom. The standard InChI is InChI=1S/C28H36O2/c1-18(2)13-22-15-24-25(28(6,7)17-27(24,4)5)16-23(22)19(3)14-20-9-11-21(12-10-20)26(29)30-8/h9-12,14-16,18H,13,17H2,1-8H3/b19-14+. The summed E-state index contributed by atoms with van der Waals surface area (Å²) in [5, 5.41) is 0. The first-order valence-corrected chi connectivity index (χ1v) is 11.0. The zero-order valence-electron chi connectivity index (χ0n) is 19.8. The average Bonchev–Trinajstić information content (AvgIpc) is 2.84. The summed E-state index contributed by atoms with van der Waals surface area (Å²) in [5.41, 5.74) is 9.13. The smallest absolute Gasteiger partial charge is 0.337 e. The van der Waals surface area contributed by atoms with E-state index < -0.39 is 0 Å². The maximum Gasteiger partial charge on any atom is 0.337 e. The van der Waals surface area contributed by atoms with Gasteiger partial charge < -0.3 is 4.74 Å². The Morgan fingerprint density at radius 3 is 2.13 bits per heavy atom. The van der Waals surface area contributed by atoms with Crippen LogP contribution in [-0.4, -0.2) is 13.1 Å². The highest BCUT2D eigenvalue weighted by Crippen LogP contribution is 2.50. The topological polar surface area (TPSA) is 26.3 Å². The molecule has 160 valence electrons. The van der Waals surface area contributed by atoms with Crippen molar-refractivity contribution >= 4 is 17.6 Å². The molecule has 2 aromatic rings. The lowest BCUT2D eigenvalue weighted by Gasteiger charge is -2.22. The van der Waals surface area contributed by atoms with Crippen LogP contribution in [0.5, 0.6) is 0 Å². The number of hydrogen-bond acceptors (Lipinski definition) is 2. The van der Waals surface area contributed by atoms with Gasteiger partial charge in [-0.15, -0.1) is 0 Å². The quantitative estimate of drug-likeness (QED) is 0.389. The molecule has 0 saturated heterocycles. The molecule has 0 heterocycles. The molecular weight excluding hydrogens is 368 g/mol. The summed E-state index contributed by atoms with van der Waals surface area (Å²) in [4.78, 5) is 11.7. The van der Waals surface area contributed by atoms with Gasteiger partial charge in [-0.1, -0.05) is 71.9 Å². The van der Waals surface area contributed by atoms with Gasteiger partial charge in [-0.2, -0.15) is 0 Å². The Labute approximate surface area is 182 Å². The first-order valence-electron chi connectivity index (χ1n) is 11.0. The van der Waals surface area contributed by atoms with Gasteiger partial charge in [0.2, 0.25) is 0 Å². The average molecular weight is 405 g/mol. The van der Waals surface area contributed by atoms with Crippen LogP contribution in [0.2, 0.25) is 0 Å². The zero-order valence-corrected chi connectivity index (χ0v) is 19.8. The Balaban J connectivity index is 2.07. The lowest BCUT2D eigenvalue weighted by atomic mass is 9.82. The van der Waals surface area contributed by atoms with Gasteiger partial charge in [-0.3, -0.25) is 0 Å². The molecule has 0 fully saturated rings. The lowest BCUT2D eigenvalue weighted by Crippen LogP contribution is -2.18. The molecule has 3 rings (SSSR count). The lowest BCUT2D eigenvalue weighted by molar-refractivity contribution is 0.0600. The summed E-state index contributed by atoms with van der Waals surface area (Å²) in [5.74, 6) is 0.302. The van der Waals surface area contributed by atoms with Crippen LogP contribution < -0.4 is 0 Å². The summed E-state index contributed by atoms with van der Waals surface area (Å²) in [6.07, 6.45) is 4.48. The molecule has 2 aromatic carbocycles. The SMILES string of the molecule is COC(=O)c1ccc(/C=C(\C)c2cc3c(cc2CC(C)C)C(C)(C)CC3(C)C)cc1. The number of esters is 1. The van der Waals surface area contributed by atoms with Crippen LogP contribution in [0.4, 0.5) is 0 Å². The zero-order chi connectivity index (χ0) is 22.3. The van der Waals surface area contributed by atoms with E-state index >= 15 is 0 Å². The van der Waals surface area contributed by atoms with Gasteiger partial charge in [0.15, 0.2) is 0 Å². The summed E-state index contributed by atoms with van der Waals surface area (Å²) in [6, 6.07) is 12.6. The minimum atomic E-state index is -0.301. The van der Waals surface area contributed by atoms with Crippen molar-refractivity contribution in [1.29, 1.82) is 0 Å². The highest BCUT2D eigenvalue weighted by atomic mass is 16.5. The van der Waals surface area contributed by atoms with Crippen molar-refractivity contribution in [2.45, 2.75) is 72.1 Å². The number of carbonyl (C=O) groups is 1. The molecule has 0 unspecified atom stereocenters. The summed E-state index contributed by atoms with van der Waals surface area (Å²) < 4.78 is 4.80. The molecule has 0 aliphatic heterocycles. The third kappa shape index (κ3) is 4.38. The number of carbonyl (C=O) groups excluding carboxylic acids is 1. The van der Waals surface area contributed by atoms with Crippen molar-refractivity contribution in [1.82, 2.24) is 0 Å². The predicted molar refractivity (Wildman–Crippen MR) is 127 cm³/mol. The first-order chi connectivity index (χ1) is 13.9. The second-order valence-electron chi connectivity index (χ2n) is 10.5. The molecule has 0 saturated carbocycles. The van der Waals surface area contributed by atoms with Crippen LogP contribution in [0.1, 0.15) is 93.1 Å². The van der Waals surface area contributed by atoms with Gasteiger partial charge in [-0.05, 0) is 82.0 Å². The van der Waals surface area contributed by atoms with Crippen molar-refractivity contribution in [2.24, 2.45) is 5.92 Å². The third-order valence-electron chi connectivity index (χ3n) is 6.35. The fourth-order valence-electron chi connectivity index (χ4n) is 5.20. The summed E-state index contributed by atoms with van der Waals surface area (Å²) >= 11 is 0. The highest BCUT2D eigenvalue weighted by Gasteiger charge is 2.42. The summed E-state index contributed by atoms with van der Waals surface area (Å²) in [6.45, 7) is 16.3.